The summed E-state index contributed by atoms with van der Waals surface area (Å²) >= 11 is 0. The molecule has 0 aliphatic carbocycles. The Labute approximate surface area is 78.6 Å². The molecule has 0 aliphatic rings. The van der Waals surface area contributed by atoms with E-state index < -0.39 is 15.6 Å². The maximum Gasteiger partial charge on any atom is 0.0703 e. The third kappa shape index (κ3) is 283. The second-order valence-corrected chi connectivity index (χ2v) is 5.45. The van der Waals surface area contributed by atoms with Crippen molar-refractivity contribution in [1.29, 1.82) is 0 Å². The standard InChI is InChI=1S/2C2H7OP.Sc.H/c2*1-4(2)3;;/h2*4H,1-2H3;;/q;;;-1. The Bertz CT molecular complexity index is 79.3. The van der Waals surface area contributed by atoms with E-state index in [0.717, 1.165) is 0 Å². The van der Waals surface area contributed by atoms with E-state index in [1.165, 1.54) is 0 Å². The van der Waals surface area contributed by atoms with Crippen LogP contribution < -0.4 is 0 Å². The fraction of sp³-hybridized carbons (Fsp3) is 1.00. The van der Waals surface area contributed by atoms with Gasteiger partial charge in [-0.1, -0.05) is 0 Å². The van der Waals surface area contributed by atoms with E-state index in [9.17, 15) is 9.13 Å². The number of hydrogen-bond acceptors (Lipinski definition) is 2. The Balaban J connectivity index is -0.0000000300. The summed E-state index contributed by atoms with van der Waals surface area (Å²) in [5.74, 6) is 0. The zero-order valence-electron chi connectivity index (χ0n) is 7.39. The molecule has 0 bridgehead atoms. The summed E-state index contributed by atoms with van der Waals surface area (Å²) in [7, 11) is -2.26. The van der Waals surface area contributed by atoms with Gasteiger partial charge < -0.3 is 10.6 Å². The summed E-state index contributed by atoms with van der Waals surface area (Å²) in [6.07, 6.45) is 0. The molecule has 0 N–H and O–H groups in total. The van der Waals surface area contributed by atoms with E-state index in [0.29, 0.717) is 0 Å². The average molecular weight is 202 g/mol. The van der Waals surface area contributed by atoms with E-state index in [-0.39, 0.29) is 27.3 Å². The molecule has 0 fully saturated rings. The molecule has 1 radical (unpaired) electrons. The van der Waals surface area contributed by atoms with Crippen molar-refractivity contribution in [3.05, 3.63) is 0 Å². The van der Waals surface area contributed by atoms with Gasteiger partial charge in [0, 0.05) is 25.8 Å². The zero-order chi connectivity index (χ0) is 7.15. The van der Waals surface area contributed by atoms with Crippen LogP contribution in [0.3, 0.4) is 0 Å². The molecule has 0 aliphatic heterocycles. The quantitative estimate of drug-likeness (QED) is 0.560. The minimum absolute atomic E-state index is 0. The van der Waals surface area contributed by atoms with E-state index in [1.807, 2.05) is 0 Å². The van der Waals surface area contributed by atoms with Crippen molar-refractivity contribution in [2.45, 2.75) is 0 Å². The molecule has 0 aromatic carbocycles. The van der Waals surface area contributed by atoms with Crippen LogP contribution in [0.2, 0.25) is 0 Å². The Morgan fingerprint density at radius 3 is 0.889 bits per heavy atom. The molecule has 0 unspecified atom stereocenters. The van der Waals surface area contributed by atoms with Gasteiger partial charge in [-0.05, 0) is 26.7 Å². The summed E-state index contributed by atoms with van der Waals surface area (Å²) in [5.41, 5.74) is 0. The van der Waals surface area contributed by atoms with Gasteiger partial charge >= 0.3 is 0 Å². The monoisotopic (exact) mass is 202 g/mol. The van der Waals surface area contributed by atoms with Gasteiger partial charge in [-0.25, -0.2) is 0 Å². The third-order valence-electron chi connectivity index (χ3n) is 0. The molecule has 9 heavy (non-hydrogen) atoms. The van der Waals surface area contributed by atoms with Crippen molar-refractivity contribution < 1.29 is 36.4 Å². The molecule has 0 amide bonds. The molecular weight excluding hydrogens is 187 g/mol. The minimum atomic E-state index is -1.13. The molecule has 0 aromatic rings. The van der Waals surface area contributed by atoms with Crippen molar-refractivity contribution in [3.63, 3.8) is 0 Å². The first-order valence-corrected chi connectivity index (χ1v) is 7.22. The predicted molar refractivity (Wildman–Crippen MR) is 42.8 cm³/mol. The van der Waals surface area contributed by atoms with Gasteiger partial charge in [-0.15, -0.1) is 0 Å². The largest absolute Gasteiger partial charge is 1.00 e. The maximum atomic E-state index is 9.63. The summed E-state index contributed by atoms with van der Waals surface area (Å²) < 4.78 is 19.3. The summed E-state index contributed by atoms with van der Waals surface area (Å²) in [5, 5.41) is 0. The maximum absolute atomic E-state index is 9.63. The first-order chi connectivity index (χ1) is 3.46. The second kappa shape index (κ2) is 12.0. The SMILES string of the molecule is C[PH](C)=O.C[PH](C)=O.[H-].[Sc]. The van der Waals surface area contributed by atoms with Crippen LogP contribution in [0, 0.1) is 0 Å². The van der Waals surface area contributed by atoms with Crippen LogP contribution in [-0.2, 0) is 35.0 Å². The molecule has 0 atom stereocenters. The summed E-state index contributed by atoms with van der Waals surface area (Å²) in [4.78, 5) is 0. The molecule has 57 valence electrons. The van der Waals surface area contributed by atoms with Gasteiger partial charge in [0.2, 0.25) is 0 Å². The van der Waals surface area contributed by atoms with Gasteiger partial charge in [-0.2, -0.15) is 0 Å². The molecule has 2 nitrogen and oxygen atoms in total. The smallest absolute Gasteiger partial charge is 0.0703 e. The van der Waals surface area contributed by atoms with Crippen LogP contribution in [0.15, 0.2) is 0 Å². The predicted octanol–water partition coefficient (Wildman–Crippen LogP) is 1.72. The van der Waals surface area contributed by atoms with Crippen LogP contribution in [0.5, 0.6) is 0 Å². The fourth-order valence-corrected chi connectivity index (χ4v) is 0. The van der Waals surface area contributed by atoms with Crippen LogP contribution >= 0.6 is 15.6 Å². The topological polar surface area (TPSA) is 34.1 Å². The molecule has 0 aromatic heterocycles. The Morgan fingerprint density at radius 1 is 0.889 bits per heavy atom. The van der Waals surface area contributed by atoms with Crippen molar-refractivity contribution in [1.82, 2.24) is 0 Å². The van der Waals surface area contributed by atoms with Crippen molar-refractivity contribution >= 4 is 15.6 Å². The van der Waals surface area contributed by atoms with E-state index >= 15 is 0 Å². The normalized spacial score (nSPS) is 7.78. The molecule has 0 rings (SSSR count). The van der Waals surface area contributed by atoms with Gasteiger partial charge in [0.05, 0.1) is 15.6 Å². The first kappa shape index (κ1) is 16.7. The Kier molecular flexibility index (Phi) is 22.4. The van der Waals surface area contributed by atoms with E-state index in [4.69, 9.17) is 0 Å². The van der Waals surface area contributed by atoms with Gasteiger partial charge in [0.25, 0.3) is 0 Å². The van der Waals surface area contributed by atoms with E-state index in [2.05, 4.69) is 0 Å². The van der Waals surface area contributed by atoms with Gasteiger partial charge in [0.15, 0.2) is 0 Å². The third-order valence-corrected chi connectivity index (χ3v) is 0. The van der Waals surface area contributed by atoms with Crippen molar-refractivity contribution in [2.75, 3.05) is 26.7 Å². The summed E-state index contributed by atoms with van der Waals surface area (Å²) in [6.45, 7) is 6.85. The van der Waals surface area contributed by atoms with Crippen LogP contribution in [0.4, 0.5) is 0 Å². The molecule has 0 saturated heterocycles. The fourth-order valence-electron chi connectivity index (χ4n) is 0. The minimum Gasteiger partial charge on any atom is -1.00 e. The van der Waals surface area contributed by atoms with Crippen molar-refractivity contribution in [3.8, 4) is 0 Å². The number of rotatable bonds is 0. The molecular formula is C4H15O2P2Sc-. The van der Waals surface area contributed by atoms with Crippen molar-refractivity contribution in [2.24, 2.45) is 0 Å². The Morgan fingerprint density at radius 2 is 0.889 bits per heavy atom. The van der Waals surface area contributed by atoms with Crippen LogP contribution in [0.1, 0.15) is 1.43 Å². The average Bonchev–Trinajstić information content (AvgIpc) is 1.25. The summed E-state index contributed by atoms with van der Waals surface area (Å²) in [6, 6.07) is 0. The molecule has 0 heterocycles. The zero-order valence-corrected chi connectivity index (χ0v) is 10.2. The number of hydrogen-bond donors (Lipinski definition) is 0. The molecule has 5 heteroatoms. The van der Waals surface area contributed by atoms with Crippen LogP contribution in [0.25, 0.3) is 0 Å². The first-order valence-electron chi connectivity index (χ1n) is 2.41. The van der Waals surface area contributed by atoms with Crippen LogP contribution in [-0.4, -0.2) is 26.7 Å². The van der Waals surface area contributed by atoms with Gasteiger partial charge in [0.1, 0.15) is 0 Å². The van der Waals surface area contributed by atoms with Gasteiger partial charge in [-0.3, -0.25) is 0 Å². The van der Waals surface area contributed by atoms with E-state index in [1.54, 1.807) is 26.7 Å². The molecule has 0 saturated carbocycles. The Hall–Kier alpha value is 1.33. The second-order valence-electron chi connectivity index (χ2n) is 1.82. The molecule has 0 spiro atoms.